The van der Waals surface area contributed by atoms with Crippen molar-refractivity contribution in [1.29, 1.82) is 0 Å². The maximum Gasteiger partial charge on any atom is 0.0641 e. The predicted molar refractivity (Wildman–Crippen MR) is 49.6 cm³/mol. The van der Waals surface area contributed by atoms with Gasteiger partial charge in [0, 0.05) is 0 Å². The number of allylic oxidation sites excluding steroid dienone is 1. The summed E-state index contributed by atoms with van der Waals surface area (Å²) in [5, 5.41) is 8.81. The summed E-state index contributed by atoms with van der Waals surface area (Å²) in [6, 6.07) is 0. The van der Waals surface area contributed by atoms with Crippen LogP contribution in [0.4, 0.5) is 0 Å². The summed E-state index contributed by atoms with van der Waals surface area (Å²) in [7, 11) is 0. The van der Waals surface area contributed by atoms with E-state index in [2.05, 4.69) is 19.9 Å². The first-order valence-electron chi connectivity index (χ1n) is 4.63. The van der Waals surface area contributed by atoms with Gasteiger partial charge in [0.2, 0.25) is 0 Å². The van der Waals surface area contributed by atoms with Gasteiger partial charge in [0.25, 0.3) is 0 Å². The highest BCUT2D eigenvalue weighted by molar-refractivity contribution is 5.00. The number of hydrogen-bond donors (Lipinski definition) is 1. The first kappa shape index (κ1) is 10.7. The van der Waals surface area contributed by atoms with Crippen molar-refractivity contribution in [1.82, 2.24) is 0 Å². The Kier molecular flexibility index (Phi) is 7.59. The van der Waals surface area contributed by atoms with Crippen LogP contribution in [0.3, 0.4) is 0 Å². The van der Waals surface area contributed by atoms with E-state index in [1.165, 1.54) is 24.8 Å². The molecule has 0 spiro atoms. The molecule has 11 heavy (non-hydrogen) atoms. The van der Waals surface area contributed by atoms with Gasteiger partial charge in [-0.1, -0.05) is 32.8 Å². The van der Waals surface area contributed by atoms with E-state index in [0.29, 0.717) is 0 Å². The van der Waals surface area contributed by atoms with Gasteiger partial charge >= 0.3 is 0 Å². The second-order valence-corrected chi connectivity index (χ2v) is 2.87. The summed E-state index contributed by atoms with van der Waals surface area (Å²) in [5.74, 6) is 0. The van der Waals surface area contributed by atoms with Gasteiger partial charge in [-0.3, -0.25) is 0 Å². The van der Waals surface area contributed by atoms with Crippen molar-refractivity contribution in [2.24, 2.45) is 0 Å². The van der Waals surface area contributed by atoms with E-state index in [-0.39, 0.29) is 6.61 Å². The molecule has 0 aromatic heterocycles. The molecule has 0 amide bonds. The molecule has 0 saturated carbocycles. The standard InChI is InChI=1S/C10H20O/c1-3-5-6-7-8-10(4-2)9-11/h8,11H,3-7,9H2,1-2H3/b10-8+. The predicted octanol–water partition coefficient (Wildman–Crippen LogP) is 2.90. The summed E-state index contributed by atoms with van der Waals surface area (Å²) in [6.45, 7) is 4.53. The molecule has 1 nitrogen and oxygen atoms in total. The molecule has 0 radical (unpaired) electrons. The third-order valence-electron chi connectivity index (χ3n) is 1.90. The number of hydrogen-bond acceptors (Lipinski definition) is 1. The van der Waals surface area contributed by atoms with Crippen molar-refractivity contribution >= 4 is 0 Å². The van der Waals surface area contributed by atoms with E-state index < -0.39 is 0 Å². The molecule has 0 aliphatic heterocycles. The van der Waals surface area contributed by atoms with Crippen LogP contribution in [0.2, 0.25) is 0 Å². The molecule has 0 fully saturated rings. The lowest BCUT2D eigenvalue weighted by Gasteiger charge is -1.98. The van der Waals surface area contributed by atoms with Crippen molar-refractivity contribution in [3.63, 3.8) is 0 Å². The van der Waals surface area contributed by atoms with Crippen LogP contribution in [0.1, 0.15) is 46.0 Å². The Morgan fingerprint density at radius 2 is 2.00 bits per heavy atom. The van der Waals surface area contributed by atoms with Crippen molar-refractivity contribution in [2.75, 3.05) is 6.61 Å². The number of rotatable bonds is 6. The largest absolute Gasteiger partial charge is 0.392 e. The molecule has 0 rings (SSSR count). The fraction of sp³-hybridized carbons (Fsp3) is 0.800. The van der Waals surface area contributed by atoms with Crippen LogP contribution < -0.4 is 0 Å². The third-order valence-corrected chi connectivity index (χ3v) is 1.90. The Bertz CT molecular complexity index is 99.4. The summed E-state index contributed by atoms with van der Waals surface area (Å²) in [4.78, 5) is 0. The SMILES string of the molecule is CCCCC/C=C(\CC)CO. The lowest BCUT2D eigenvalue weighted by molar-refractivity contribution is 0.327. The molecule has 0 aromatic carbocycles. The van der Waals surface area contributed by atoms with Crippen LogP contribution in [0.15, 0.2) is 11.6 Å². The molecular formula is C10H20O. The van der Waals surface area contributed by atoms with E-state index in [0.717, 1.165) is 12.8 Å². The maximum absolute atomic E-state index is 8.81. The Hall–Kier alpha value is -0.300. The van der Waals surface area contributed by atoms with Crippen molar-refractivity contribution in [3.8, 4) is 0 Å². The zero-order valence-electron chi connectivity index (χ0n) is 7.77. The zero-order chi connectivity index (χ0) is 8.53. The van der Waals surface area contributed by atoms with E-state index in [4.69, 9.17) is 5.11 Å². The Labute approximate surface area is 70.1 Å². The van der Waals surface area contributed by atoms with E-state index in [1.807, 2.05) is 0 Å². The van der Waals surface area contributed by atoms with Gasteiger partial charge in [0.1, 0.15) is 0 Å². The number of aliphatic hydroxyl groups is 1. The molecule has 0 atom stereocenters. The van der Waals surface area contributed by atoms with Crippen molar-refractivity contribution in [2.45, 2.75) is 46.0 Å². The number of aliphatic hydroxyl groups excluding tert-OH is 1. The fourth-order valence-electron chi connectivity index (χ4n) is 1.02. The van der Waals surface area contributed by atoms with Crippen LogP contribution in [-0.2, 0) is 0 Å². The van der Waals surface area contributed by atoms with Crippen LogP contribution in [0.5, 0.6) is 0 Å². The lowest BCUT2D eigenvalue weighted by atomic mass is 10.1. The topological polar surface area (TPSA) is 20.2 Å². The summed E-state index contributed by atoms with van der Waals surface area (Å²) in [5.41, 5.74) is 1.18. The highest BCUT2D eigenvalue weighted by Gasteiger charge is 1.89. The van der Waals surface area contributed by atoms with Gasteiger partial charge in [-0.15, -0.1) is 0 Å². The van der Waals surface area contributed by atoms with Gasteiger partial charge in [0.15, 0.2) is 0 Å². The normalized spacial score (nSPS) is 12.1. The van der Waals surface area contributed by atoms with Gasteiger partial charge in [-0.05, 0) is 24.8 Å². The summed E-state index contributed by atoms with van der Waals surface area (Å²) in [6.07, 6.45) is 8.14. The molecule has 66 valence electrons. The summed E-state index contributed by atoms with van der Waals surface area (Å²) >= 11 is 0. The molecule has 0 bridgehead atoms. The van der Waals surface area contributed by atoms with Gasteiger partial charge in [0.05, 0.1) is 6.61 Å². The van der Waals surface area contributed by atoms with Crippen LogP contribution in [0, 0.1) is 0 Å². The minimum absolute atomic E-state index is 0.239. The zero-order valence-corrected chi connectivity index (χ0v) is 7.77. The molecule has 0 unspecified atom stereocenters. The van der Waals surface area contributed by atoms with Crippen LogP contribution in [-0.4, -0.2) is 11.7 Å². The first-order valence-corrected chi connectivity index (χ1v) is 4.63. The van der Waals surface area contributed by atoms with Crippen LogP contribution >= 0.6 is 0 Å². The molecule has 1 heteroatoms. The quantitative estimate of drug-likeness (QED) is 0.463. The van der Waals surface area contributed by atoms with Crippen LogP contribution in [0.25, 0.3) is 0 Å². The Morgan fingerprint density at radius 1 is 1.27 bits per heavy atom. The average molecular weight is 156 g/mol. The minimum atomic E-state index is 0.239. The third kappa shape index (κ3) is 6.11. The van der Waals surface area contributed by atoms with E-state index in [9.17, 15) is 0 Å². The minimum Gasteiger partial charge on any atom is -0.392 e. The number of unbranched alkanes of at least 4 members (excludes halogenated alkanes) is 3. The fourth-order valence-corrected chi connectivity index (χ4v) is 1.02. The van der Waals surface area contributed by atoms with Gasteiger partial charge < -0.3 is 5.11 Å². The van der Waals surface area contributed by atoms with Crippen molar-refractivity contribution < 1.29 is 5.11 Å². The molecular weight excluding hydrogens is 136 g/mol. The summed E-state index contributed by atoms with van der Waals surface area (Å²) < 4.78 is 0. The second kappa shape index (κ2) is 7.80. The average Bonchev–Trinajstić information content (AvgIpc) is 2.05. The molecule has 0 aliphatic rings. The monoisotopic (exact) mass is 156 g/mol. The second-order valence-electron chi connectivity index (χ2n) is 2.87. The van der Waals surface area contributed by atoms with Gasteiger partial charge in [-0.2, -0.15) is 0 Å². The highest BCUT2D eigenvalue weighted by Crippen LogP contribution is 2.05. The van der Waals surface area contributed by atoms with E-state index in [1.54, 1.807) is 0 Å². The van der Waals surface area contributed by atoms with Gasteiger partial charge in [-0.25, -0.2) is 0 Å². The molecule has 0 aromatic rings. The highest BCUT2D eigenvalue weighted by atomic mass is 16.3. The molecule has 0 heterocycles. The van der Waals surface area contributed by atoms with E-state index >= 15 is 0 Å². The Morgan fingerprint density at radius 3 is 2.45 bits per heavy atom. The van der Waals surface area contributed by atoms with Crippen molar-refractivity contribution in [3.05, 3.63) is 11.6 Å². The lowest BCUT2D eigenvalue weighted by Crippen LogP contribution is -1.87. The molecule has 1 N–H and O–H groups in total. The smallest absolute Gasteiger partial charge is 0.0641 e. The molecule has 0 saturated heterocycles. The maximum atomic E-state index is 8.81. The first-order chi connectivity index (χ1) is 5.35. The Balaban J connectivity index is 3.37. The molecule has 0 aliphatic carbocycles.